The smallest absolute Gasteiger partial charge is 0.305 e. The van der Waals surface area contributed by atoms with E-state index in [2.05, 4.69) is 22.6 Å². The van der Waals surface area contributed by atoms with Gasteiger partial charge in [0.05, 0.1) is 7.11 Å². The normalized spacial score (nSPS) is 26.0. The van der Waals surface area contributed by atoms with E-state index in [1.165, 1.54) is 7.11 Å². The van der Waals surface area contributed by atoms with Gasteiger partial charge in [-0.15, -0.1) is 0 Å². The summed E-state index contributed by atoms with van der Waals surface area (Å²) in [7, 11) is 1.41. The van der Waals surface area contributed by atoms with Gasteiger partial charge in [0, 0.05) is 23.2 Å². The first kappa shape index (κ1) is 19.1. The number of methoxy groups -OCH3 is 1. The molecule has 5 heteroatoms. The van der Waals surface area contributed by atoms with Gasteiger partial charge in [-0.3, -0.25) is 4.79 Å². The molecule has 0 amide bonds. The van der Waals surface area contributed by atoms with Gasteiger partial charge < -0.3 is 4.74 Å². The molecule has 1 fully saturated rings. The molecule has 0 saturated heterocycles. The van der Waals surface area contributed by atoms with E-state index in [1.54, 1.807) is 0 Å². The van der Waals surface area contributed by atoms with Crippen molar-refractivity contribution >= 4 is 28.6 Å². The third-order valence-electron chi connectivity index (χ3n) is 4.53. The third-order valence-corrected chi connectivity index (χ3v) is 6.07. The molecule has 1 rings (SSSR count). The highest BCUT2D eigenvalue weighted by molar-refractivity contribution is 14.1. The highest BCUT2D eigenvalue weighted by Crippen LogP contribution is 2.42. The Morgan fingerprint density at radius 1 is 1.29 bits per heavy atom. The van der Waals surface area contributed by atoms with Crippen LogP contribution in [0.5, 0.6) is 0 Å². The predicted octanol–water partition coefficient (Wildman–Crippen LogP) is 5.38. The van der Waals surface area contributed by atoms with Crippen LogP contribution in [-0.2, 0) is 9.53 Å². The van der Waals surface area contributed by atoms with Crippen molar-refractivity contribution in [2.24, 2.45) is 11.8 Å². The number of ether oxygens (including phenoxy) is 1. The first-order valence-corrected chi connectivity index (χ1v) is 9.23. The molecule has 0 heterocycles. The van der Waals surface area contributed by atoms with Gasteiger partial charge in [0.15, 0.2) is 0 Å². The number of unbranched alkanes of at least 4 members (excludes halogenated alkanes) is 1. The number of carbonyl (C=O) groups excluding carboxylic acids is 1. The quantitative estimate of drug-likeness (QED) is 0.287. The van der Waals surface area contributed by atoms with E-state index in [0.717, 1.165) is 25.7 Å². The number of rotatable bonds is 9. The van der Waals surface area contributed by atoms with Crippen LogP contribution >= 0.6 is 22.6 Å². The molecule has 0 N–H and O–H groups in total. The zero-order valence-electron chi connectivity index (χ0n) is 13.0. The summed E-state index contributed by atoms with van der Waals surface area (Å²) in [5, 5.41) is 0. The van der Waals surface area contributed by atoms with Crippen molar-refractivity contribution in [3.63, 3.8) is 0 Å². The fourth-order valence-electron chi connectivity index (χ4n) is 3.21. The van der Waals surface area contributed by atoms with Crippen LogP contribution in [0.3, 0.4) is 0 Å². The third kappa shape index (κ3) is 6.78. The number of halogens is 3. The van der Waals surface area contributed by atoms with Crippen LogP contribution in [0.4, 0.5) is 8.78 Å². The predicted molar refractivity (Wildman–Crippen MR) is 89.0 cm³/mol. The lowest BCUT2D eigenvalue weighted by Gasteiger charge is -2.22. The molecule has 2 nitrogen and oxygen atoms in total. The van der Waals surface area contributed by atoms with Crippen molar-refractivity contribution in [1.29, 1.82) is 0 Å². The molecule has 1 aliphatic rings. The first-order chi connectivity index (χ1) is 9.89. The van der Waals surface area contributed by atoms with Crippen LogP contribution in [0.25, 0.3) is 0 Å². The Bertz CT molecular complexity index is 323. The molecule has 1 aliphatic carbocycles. The molecule has 0 aromatic rings. The Labute approximate surface area is 140 Å². The summed E-state index contributed by atoms with van der Waals surface area (Å²) in [6, 6.07) is 0. The van der Waals surface area contributed by atoms with Gasteiger partial charge in [-0.2, -0.15) is 0 Å². The highest BCUT2D eigenvalue weighted by atomic mass is 127. The Hall–Kier alpha value is 0.0600. The van der Waals surface area contributed by atoms with Crippen molar-refractivity contribution < 1.29 is 18.3 Å². The molecule has 0 aromatic carbocycles. The summed E-state index contributed by atoms with van der Waals surface area (Å²) in [4.78, 5) is 11.5. The zero-order chi connectivity index (χ0) is 15.9. The van der Waals surface area contributed by atoms with E-state index >= 15 is 0 Å². The summed E-state index contributed by atoms with van der Waals surface area (Å²) < 4.78 is 32.5. The Kier molecular flexibility index (Phi) is 8.42. The summed E-state index contributed by atoms with van der Waals surface area (Å²) in [6.45, 7) is 1.94. The summed E-state index contributed by atoms with van der Waals surface area (Å²) in [5.74, 6) is -2.01. The van der Waals surface area contributed by atoms with Gasteiger partial charge in [0.25, 0.3) is 0 Å². The van der Waals surface area contributed by atoms with Crippen LogP contribution < -0.4 is 0 Å². The SMILES string of the molecule is CCCCC(F)(F)CCCC1CCC(I)C1CC(=O)OC. The summed E-state index contributed by atoms with van der Waals surface area (Å²) in [5.41, 5.74) is 0. The molecule has 3 atom stereocenters. The first-order valence-electron chi connectivity index (χ1n) is 7.98. The minimum atomic E-state index is -2.52. The molecule has 0 spiro atoms. The Morgan fingerprint density at radius 2 is 1.95 bits per heavy atom. The number of hydrogen-bond acceptors (Lipinski definition) is 2. The molecule has 0 aliphatic heterocycles. The van der Waals surface area contributed by atoms with Gasteiger partial charge in [-0.05, 0) is 43.9 Å². The molecule has 21 heavy (non-hydrogen) atoms. The van der Waals surface area contributed by atoms with E-state index < -0.39 is 5.92 Å². The van der Waals surface area contributed by atoms with Crippen LogP contribution in [0.2, 0.25) is 0 Å². The molecule has 0 radical (unpaired) electrons. The van der Waals surface area contributed by atoms with Crippen molar-refractivity contribution in [3.05, 3.63) is 0 Å². The van der Waals surface area contributed by atoms with Crippen LogP contribution in [0, 0.1) is 11.8 Å². The van der Waals surface area contributed by atoms with Gasteiger partial charge in [-0.1, -0.05) is 35.9 Å². The second-order valence-electron chi connectivity index (χ2n) is 6.15. The maximum absolute atomic E-state index is 13.6. The largest absolute Gasteiger partial charge is 0.469 e. The van der Waals surface area contributed by atoms with E-state index in [9.17, 15) is 13.6 Å². The molecule has 124 valence electrons. The molecular formula is C16H27F2IO2. The Morgan fingerprint density at radius 3 is 2.57 bits per heavy atom. The molecule has 0 bridgehead atoms. The maximum Gasteiger partial charge on any atom is 0.305 e. The minimum Gasteiger partial charge on any atom is -0.469 e. The van der Waals surface area contributed by atoms with Gasteiger partial charge >= 0.3 is 5.97 Å². The van der Waals surface area contributed by atoms with E-state index in [4.69, 9.17) is 4.74 Å². The minimum absolute atomic E-state index is 0.00860. The van der Waals surface area contributed by atoms with Crippen molar-refractivity contribution in [2.45, 2.75) is 74.6 Å². The van der Waals surface area contributed by atoms with Gasteiger partial charge in [-0.25, -0.2) is 8.78 Å². The van der Waals surface area contributed by atoms with Crippen molar-refractivity contribution in [1.82, 2.24) is 0 Å². The fraction of sp³-hybridized carbons (Fsp3) is 0.938. The number of hydrogen-bond donors (Lipinski definition) is 0. The number of alkyl halides is 3. The molecular weight excluding hydrogens is 389 g/mol. The summed E-state index contributed by atoms with van der Waals surface area (Å²) >= 11 is 2.39. The molecule has 0 aromatic heterocycles. The van der Waals surface area contributed by atoms with E-state index in [-0.39, 0.29) is 18.8 Å². The average Bonchev–Trinajstić information content (AvgIpc) is 2.78. The fourth-order valence-corrected chi connectivity index (χ4v) is 4.41. The summed E-state index contributed by atoms with van der Waals surface area (Å²) in [6.07, 6.45) is 5.34. The average molecular weight is 416 g/mol. The monoisotopic (exact) mass is 416 g/mol. The maximum atomic E-state index is 13.6. The van der Waals surface area contributed by atoms with Gasteiger partial charge in [0.2, 0.25) is 5.92 Å². The topological polar surface area (TPSA) is 26.3 Å². The van der Waals surface area contributed by atoms with E-state index in [0.29, 0.717) is 35.0 Å². The van der Waals surface area contributed by atoms with Crippen LogP contribution in [-0.4, -0.2) is 22.9 Å². The van der Waals surface area contributed by atoms with Crippen LogP contribution in [0.1, 0.15) is 64.7 Å². The number of esters is 1. The lowest BCUT2D eigenvalue weighted by atomic mass is 9.88. The van der Waals surface area contributed by atoms with Crippen molar-refractivity contribution in [3.8, 4) is 0 Å². The van der Waals surface area contributed by atoms with Crippen molar-refractivity contribution in [2.75, 3.05) is 7.11 Å². The lowest BCUT2D eigenvalue weighted by molar-refractivity contribution is -0.142. The highest BCUT2D eigenvalue weighted by Gasteiger charge is 2.36. The van der Waals surface area contributed by atoms with E-state index in [1.807, 2.05) is 6.92 Å². The van der Waals surface area contributed by atoms with Crippen LogP contribution in [0.15, 0.2) is 0 Å². The number of carbonyl (C=O) groups is 1. The second-order valence-corrected chi connectivity index (χ2v) is 7.75. The Balaban J connectivity index is 2.37. The molecule has 1 saturated carbocycles. The zero-order valence-corrected chi connectivity index (χ0v) is 15.2. The van der Waals surface area contributed by atoms with Gasteiger partial charge in [0.1, 0.15) is 0 Å². The lowest BCUT2D eigenvalue weighted by Crippen LogP contribution is -2.21. The molecule has 3 unspecified atom stereocenters. The second kappa shape index (κ2) is 9.26. The standard InChI is InChI=1S/C16H27F2IO2/c1-3-4-9-16(17,18)10-5-6-12-7-8-14(19)13(12)11-15(20)21-2/h12-14H,3-11H2,1-2H3.